The minimum absolute atomic E-state index is 0.0811. The van der Waals surface area contributed by atoms with Crippen LogP contribution in [0.2, 0.25) is 0 Å². The first kappa shape index (κ1) is 12.5. The van der Waals surface area contributed by atoms with Crippen LogP contribution < -0.4 is 5.32 Å². The van der Waals surface area contributed by atoms with E-state index in [1.54, 1.807) is 0 Å². The SMILES string of the molecule is CCCCNC(=O)C(C)N1CC[C@@H](O)C1. The summed E-state index contributed by atoms with van der Waals surface area (Å²) >= 11 is 0. The van der Waals surface area contributed by atoms with Gasteiger partial charge in [0, 0.05) is 19.6 Å². The van der Waals surface area contributed by atoms with Crippen LogP contribution in [0, 0.1) is 0 Å². The van der Waals surface area contributed by atoms with E-state index in [1.165, 1.54) is 0 Å². The Kier molecular flexibility index (Phi) is 5.05. The quantitative estimate of drug-likeness (QED) is 0.650. The minimum atomic E-state index is -0.254. The largest absolute Gasteiger partial charge is 0.392 e. The lowest BCUT2D eigenvalue weighted by Gasteiger charge is -2.22. The topological polar surface area (TPSA) is 52.6 Å². The van der Waals surface area contributed by atoms with Gasteiger partial charge in [0.1, 0.15) is 0 Å². The Hall–Kier alpha value is -0.610. The zero-order valence-electron chi connectivity index (χ0n) is 9.70. The molecule has 1 fully saturated rings. The number of carbonyl (C=O) groups excluding carboxylic acids is 1. The number of aliphatic hydroxyl groups is 1. The highest BCUT2D eigenvalue weighted by Gasteiger charge is 2.27. The highest BCUT2D eigenvalue weighted by atomic mass is 16.3. The number of β-amino-alcohol motifs (C(OH)–C–C–N with tert-alkyl or cyclic N) is 1. The molecule has 2 N–H and O–H groups in total. The number of rotatable bonds is 5. The third-order valence-electron chi connectivity index (χ3n) is 2.95. The number of nitrogens with zero attached hydrogens (tertiary/aromatic N) is 1. The van der Waals surface area contributed by atoms with Crippen LogP contribution in [-0.2, 0) is 4.79 Å². The van der Waals surface area contributed by atoms with Crippen molar-refractivity contribution >= 4 is 5.91 Å². The molecule has 0 aliphatic carbocycles. The lowest BCUT2D eigenvalue weighted by Crippen LogP contribution is -2.44. The van der Waals surface area contributed by atoms with Gasteiger partial charge < -0.3 is 10.4 Å². The molecule has 0 bridgehead atoms. The molecule has 1 unspecified atom stereocenters. The predicted molar refractivity (Wildman–Crippen MR) is 59.6 cm³/mol. The van der Waals surface area contributed by atoms with Crippen LogP contribution in [-0.4, -0.2) is 47.7 Å². The molecule has 2 atom stereocenters. The van der Waals surface area contributed by atoms with Crippen molar-refractivity contribution in [3.05, 3.63) is 0 Å². The van der Waals surface area contributed by atoms with E-state index >= 15 is 0 Å². The normalized spacial score (nSPS) is 24.1. The van der Waals surface area contributed by atoms with Gasteiger partial charge in [-0.25, -0.2) is 0 Å². The summed E-state index contributed by atoms with van der Waals surface area (Å²) in [6, 6.07) is -0.112. The number of aliphatic hydroxyl groups excluding tert-OH is 1. The molecule has 0 spiro atoms. The number of unbranched alkanes of at least 4 members (excludes halogenated alkanes) is 1. The first-order valence-corrected chi connectivity index (χ1v) is 5.85. The zero-order chi connectivity index (χ0) is 11.3. The molecule has 1 rings (SSSR count). The maximum atomic E-state index is 11.7. The fraction of sp³-hybridized carbons (Fsp3) is 0.909. The molecule has 0 saturated carbocycles. The Morgan fingerprint density at radius 1 is 1.67 bits per heavy atom. The van der Waals surface area contributed by atoms with Gasteiger partial charge in [0.2, 0.25) is 5.91 Å². The first-order chi connectivity index (χ1) is 7.15. The Bertz CT molecular complexity index is 209. The van der Waals surface area contributed by atoms with Crippen molar-refractivity contribution in [2.75, 3.05) is 19.6 Å². The van der Waals surface area contributed by atoms with Crippen molar-refractivity contribution in [2.24, 2.45) is 0 Å². The van der Waals surface area contributed by atoms with Gasteiger partial charge in [-0.1, -0.05) is 13.3 Å². The lowest BCUT2D eigenvalue weighted by molar-refractivity contribution is -0.125. The van der Waals surface area contributed by atoms with Crippen molar-refractivity contribution in [1.82, 2.24) is 10.2 Å². The highest BCUT2D eigenvalue weighted by Crippen LogP contribution is 2.12. The standard InChI is InChI=1S/C11H22N2O2/c1-3-4-6-12-11(15)9(2)13-7-5-10(14)8-13/h9-10,14H,3-8H2,1-2H3,(H,12,15)/t9?,10-/m1/s1. The molecular formula is C11H22N2O2. The molecule has 4 heteroatoms. The summed E-state index contributed by atoms with van der Waals surface area (Å²) in [5.41, 5.74) is 0. The number of hydrogen-bond acceptors (Lipinski definition) is 3. The second-order valence-corrected chi connectivity index (χ2v) is 4.26. The Morgan fingerprint density at radius 3 is 2.93 bits per heavy atom. The van der Waals surface area contributed by atoms with Gasteiger partial charge in [-0.2, -0.15) is 0 Å². The van der Waals surface area contributed by atoms with Gasteiger partial charge in [-0.15, -0.1) is 0 Å². The van der Waals surface area contributed by atoms with Crippen LogP contribution in [0.4, 0.5) is 0 Å². The average Bonchev–Trinajstić information content (AvgIpc) is 2.64. The van der Waals surface area contributed by atoms with Gasteiger partial charge in [0.15, 0.2) is 0 Å². The molecule has 15 heavy (non-hydrogen) atoms. The van der Waals surface area contributed by atoms with E-state index in [9.17, 15) is 9.90 Å². The predicted octanol–water partition coefficient (Wildman–Crippen LogP) is 0.358. The Morgan fingerprint density at radius 2 is 2.40 bits per heavy atom. The van der Waals surface area contributed by atoms with Crippen LogP contribution in [0.25, 0.3) is 0 Å². The number of nitrogens with one attached hydrogen (secondary N) is 1. The molecule has 4 nitrogen and oxygen atoms in total. The van der Waals surface area contributed by atoms with Crippen LogP contribution in [0.5, 0.6) is 0 Å². The maximum absolute atomic E-state index is 11.7. The fourth-order valence-electron chi connectivity index (χ4n) is 1.82. The molecule has 1 aliphatic heterocycles. The van der Waals surface area contributed by atoms with Gasteiger partial charge in [0.25, 0.3) is 0 Å². The number of amides is 1. The summed E-state index contributed by atoms with van der Waals surface area (Å²) in [4.78, 5) is 13.7. The first-order valence-electron chi connectivity index (χ1n) is 5.85. The average molecular weight is 214 g/mol. The van der Waals surface area contributed by atoms with E-state index in [0.717, 1.165) is 32.4 Å². The van der Waals surface area contributed by atoms with E-state index in [0.29, 0.717) is 6.54 Å². The molecule has 0 aromatic heterocycles. The van der Waals surface area contributed by atoms with Crippen molar-refractivity contribution in [2.45, 2.75) is 45.3 Å². The van der Waals surface area contributed by atoms with Crippen molar-refractivity contribution < 1.29 is 9.90 Å². The molecular weight excluding hydrogens is 192 g/mol. The molecule has 0 radical (unpaired) electrons. The smallest absolute Gasteiger partial charge is 0.237 e. The second-order valence-electron chi connectivity index (χ2n) is 4.26. The van der Waals surface area contributed by atoms with E-state index < -0.39 is 0 Å². The third-order valence-corrected chi connectivity index (χ3v) is 2.95. The molecule has 1 aliphatic rings. The monoisotopic (exact) mass is 214 g/mol. The molecule has 1 amide bonds. The maximum Gasteiger partial charge on any atom is 0.237 e. The van der Waals surface area contributed by atoms with Gasteiger partial charge in [-0.3, -0.25) is 9.69 Å². The zero-order valence-corrected chi connectivity index (χ0v) is 9.70. The molecule has 0 aromatic carbocycles. The number of carbonyl (C=O) groups is 1. The van der Waals surface area contributed by atoms with E-state index in [1.807, 2.05) is 11.8 Å². The van der Waals surface area contributed by atoms with Gasteiger partial charge >= 0.3 is 0 Å². The van der Waals surface area contributed by atoms with Crippen LogP contribution in [0.1, 0.15) is 33.1 Å². The van der Waals surface area contributed by atoms with Gasteiger partial charge in [0.05, 0.1) is 12.1 Å². The highest BCUT2D eigenvalue weighted by molar-refractivity contribution is 5.81. The summed E-state index contributed by atoms with van der Waals surface area (Å²) in [5, 5.41) is 12.3. The molecule has 1 saturated heterocycles. The minimum Gasteiger partial charge on any atom is -0.392 e. The summed E-state index contributed by atoms with van der Waals surface area (Å²) < 4.78 is 0. The van der Waals surface area contributed by atoms with Crippen molar-refractivity contribution in [3.63, 3.8) is 0 Å². The summed E-state index contributed by atoms with van der Waals surface area (Å²) in [6.07, 6.45) is 2.65. The molecule has 88 valence electrons. The lowest BCUT2D eigenvalue weighted by atomic mass is 10.2. The molecule has 0 aromatic rings. The van der Waals surface area contributed by atoms with E-state index in [2.05, 4.69) is 12.2 Å². The summed E-state index contributed by atoms with van der Waals surface area (Å²) in [7, 11) is 0. The van der Waals surface area contributed by atoms with Crippen molar-refractivity contribution in [1.29, 1.82) is 0 Å². The van der Waals surface area contributed by atoms with Crippen LogP contribution in [0.15, 0.2) is 0 Å². The summed E-state index contributed by atoms with van der Waals surface area (Å²) in [5.74, 6) is 0.0811. The summed E-state index contributed by atoms with van der Waals surface area (Å²) in [6.45, 7) is 6.22. The van der Waals surface area contributed by atoms with Crippen LogP contribution in [0.3, 0.4) is 0 Å². The molecule has 1 heterocycles. The fourth-order valence-corrected chi connectivity index (χ4v) is 1.82. The van der Waals surface area contributed by atoms with Gasteiger partial charge in [-0.05, 0) is 19.8 Å². The van der Waals surface area contributed by atoms with Crippen LogP contribution >= 0.6 is 0 Å². The third kappa shape index (κ3) is 3.80. The number of hydrogen-bond donors (Lipinski definition) is 2. The van der Waals surface area contributed by atoms with E-state index in [-0.39, 0.29) is 18.1 Å². The van der Waals surface area contributed by atoms with E-state index in [4.69, 9.17) is 0 Å². The second kappa shape index (κ2) is 6.08. The van der Waals surface area contributed by atoms with Crippen molar-refractivity contribution in [3.8, 4) is 0 Å². The Balaban J connectivity index is 2.26. The Labute approximate surface area is 91.6 Å². The number of likely N-dealkylation sites (tertiary alicyclic amines) is 1.